The molecule has 0 saturated heterocycles. The van der Waals surface area contributed by atoms with Gasteiger partial charge in [-0.15, -0.1) is 5.11 Å². The summed E-state index contributed by atoms with van der Waals surface area (Å²) in [6.07, 6.45) is 0. The molecule has 0 aliphatic heterocycles. The fourth-order valence-corrected chi connectivity index (χ4v) is 2.46. The van der Waals surface area contributed by atoms with E-state index in [0.717, 1.165) is 18.2 Å². The molecule has 126 valence electrons. The maximum Gasteiger partial charge on any atom is 1.00 e. The molecule has 0 fully saturated rings. The van der Waals surface area contributed by atoms with Crippen molar-refractivity contribution in [3.63, 3.8) is 0 Å². The van der Waals surface area contributed by atoms with Crippen molar-refractivity contribution in [3.8, 4) is 5.75 Å². The second-order valence-electron chi connectivity index (χ2n) is 4.72. The summed E-state index contributed by atoms with van der Waals surface area (Å²) in [7, 11) is -4.44. The monoisotopic (exact) mass is 414 g/mol. The number of aromatic carboxylic acids is 1. The minimum atomic E-state index is -4.44. The van der Waals surface area contributed by atoms with E-state index in [1.165, 1.54) is 19.1 Å². The van der Waals surface area contributed by atoms with Crippen LogP contribution in [0.4, 0.5) is 11.4 Å². The summed E-state index contributed by atoms with van der Waals surface area (Å²) < 4.78 is 31.2. The standard InChI is InChI=1S/C14H11ClN2O6S.2Na/c1-7-4-8(5-10(13(7)18)14(19)20)16-17-12-6-9(24(21,22)23)2-3-11(12)15;;/h2-6,18H,1H3,(H,19,20)(H,21,22,23);;/q;2*+1/p-2. The first-order valence-corrected chi connectivity index (χ1v) is 8.13. The third kappa shape index (κ3) is 6.29. The predicted octanol–water partition coefficient (Wildman–Crippen LogP) is -4.24. The number of nitrogens with zero attached hydrogens (tertiary/aromatic N) is 2. The number of benzene rings is 2. The Bertz CT molecular complexity index is 966. The Hall–Kier alpha value is -0.490. The van der Waals surface area contributed by atoms with E-state index in [4.69, 9.17) is 16.2 Å². The molecule has 0 heterocycles. The quantitative estimate of drug-likeness (QED) is 0.305. The molecule has 0 saturated carbocycles. The first-order chi connectivity index (χ1) is 11.1. The van der Waals surface area contributed by atoms with Crippen LogP contribution in [0, 0.1) is 6.92 Å². The number of hydrogen-bond donors (Lipinski definition) is 1. The molecule has 0 aromatic heterocycles. The number of halogens is 1. The SMILES string of the molecule is Cc1cc(N=Nc2cc(S(=O)(=O)O)ccc2Cl)cc(C(=O)[O-])c1[O-].[Na+].[Na+]. The van der Waals surface area contributed by atoms with Crippen LogP contribution in [-0.4, -0.2) is 18.9 Å². The van der Waals surface area contributed by atoms with E-state index in [1.54, 1.807) is 0 Å². The van der Waals surface area contributed by atoms with E-state index in [9.17, 15) is 23.4 Å². The Morgan fingerprint density at radius 2 is 1.77 bits per heavy atom. The van der Waals surface area contributed by atoms with Crippen molar-refractivity contribution in [2.45, 2.75) is 11.8 Å². The van der Waals surface area contributed by atoms with Gasteiger partial charge in [-0.25, -0.2) is 0 Å². The number of aryl methyl sites for hydroxylation is 1. The zero-order valence-electron chi connectivity index (χ0n) is 14.1. The molecular formula is C14H9ClN2Na2O6S. The van der Waals surface area contributed by atoms with Crippen LogP contribution in [0.25, 0.3) is 0 Å². The molecule has 0 atom stereocenters. The van der Waals surface area contributed by atoms with E-state index in [1.807, 2.05) is 0 Å². The first kappa shape index (κ1) is 25.5. The molecule has 0 aliphatic rings. The number of rotatable bonds is 4. The van der Waals surface area contributed by atoms with E-state index >= 15 is 0 Å². The molecule has 0 aliphatic carbocycles. The molecule has 0 unspecified atom stereocenters. The maximum atomic E-state index is 11.6. The van der Waals surface area contributed by atoms with Gasteiger partial charge in [0, 0.05) is 0 Å². The summed E-state index contributed by atoms with van der Waals surface area (Å²) in [5.74, 6) is -2.34. The largest absolute Gasteiger partial charge is 1.00 e. The van der Waals surface area contributed by atoms with Crippen LogP contribution in [0.5, 0.6) is 5.75 Å². The van der Waals surface area contributed by atoms with E-state index in [-0.39, 0.29) is 81.1 Å². The van der Waals surface area contributed by atoms with Gasteiger partial charge in [0.2, 0.25) is 0 Å². The number of hydrogen-bond acceptors (Lipinski definition) is 7. The van der Waals surface area contributed by atoms with Crippen LogP contribution in [0.3, 0.4) is 0 Å². The molecule has 0 radical (unpaired) electrons. The Morgan fingerprint density at radius 3 is 2.31 bits per heavy atom. The summed E-state index contributed by atoms with van der Waals surface area (Å²) >= 11 is 5.87. The number of azo groups is 1. The van der Waals surface area contributed by atoms with Crippen LogP contribution in [0.2, 0.25) is 5.02 Å². The van der Waals surface area contributed by atoms with E-state index in [2.05, 4.69) is 10.2 Å². The van der Waals surface area contributed by atoms with Gasteiger partial charge in [0.05, 0.1) is 21.6 Å². The van der Waals surface area contributed by atoms with Gasteiger partial charge < -0.3 is 15.0 Å². The van der Waals surface area contributed by atoms with Crippen LogP contribution >= 0.6 is 11.6 Å². The van der Waals surface area contributed by atoms with Crippen LogP contribution < -0.4 is 69.3 Å². The molecule has 0 bridgehead atoms. The van der Waals surface area contributed by atoms with Gasteiger partial charge in [0.1, 0.15) is 5.69 Å². The van der Waals surface area contributed by atoms with Crippen molar-refractivity contribution in [2.24, 2.45) is 10.2 Å². The van der Waals surface area contributed by atoms with Crippen molar-refractivity contribution in [3.05, 3.63) is 46.5 Å². The molecule has 12 heteroatoms. The maximum absolute atomic E-state index is 11.6. The molecule has 0 spiro atoms. The van der Waals surface area contributed by atoms with Crippen LogP contribution in [-0.2, 0) is 10.1 Å². The molecule has 26 heavy (non-hydrogen) atoms. The zero-order valence-corrected chi connectivity index (χ0v) is 19.6. The van der Waals surface area contributed by atoms with Gasteiger partial charge in [-0.1, -0.05) is 22.9 Å². The average Bonchev–Trinajstić information content (AvgIpc) is 2.48. The summed E-state index contributed by atoms with van der Waals surface area (Å²) in [6.45, 7) is 1.40. The van der Waals surface area contributed by atoms with Gasteiger partial charge in [0.15, 0.2) is 0 Å². The predicted molar refractivity (Wildman–Crippen MR) is 80.4 cm³/mol. The fraction of sp³-hybridized carbons (Fsp3) is 0.0714. The van der Waals surface area contributed by atoms with Gasteiger partial charge in [0.25, 0.3) is 10.1 Å². The molecule has 2 aromatic rings. The summed E-state index contributed by atoms with van der Waals surface area (Å²) in [5, 5.41) is 30.1. The Kier molecular flexibility index (Phi) is 9.97. The van der Waals surface area contributed by atoms with Gasteiger partial charge in [-0.3, -0.25) is 4.55 Å². The Labute approximate surface area is 198 Å². The topological polar surface area (TPSA) is 142 Å². The molecular weight excluding hydrogens is 406 g/mol. The van der Waals surface area contributed by atoms with Gasteiger partial charge in [-0.2, -0.15) is 13.5 Å². The summed E-state index contributed by atoms with van der Waals surface area (Å²) in [6, 6.07) is 5.57. The summed E-state index contributed by atoms with van der Waals surface area (Å²) in [5.41, 5.74) is -0.463. The second-order valence-corrected chi connectivity index (χ2v) is 6.54. The third-order valence-electron chi connectivity index (χ3n) is 2.97. The molecule has 1 N–H and O–H groups in total. The molecule has 8 nitrogen and oxygen atoms in total. The fourth-order valence-electron chi connectivity index (χ4n) is 1.81. The number of carboxylic acids is 1. The van der Waals surface area contributed by atoms with Crippen molar-refractivity contribution in [1.29, 1.82) is 0 Å². The number of carboxylic acid groups (broad SMARTS) is 1. The molecule has 2 rings (SSSR count). The van der Waals surface area contributed by atoms with Crippen LogP contribution in [0.1, 0.15) is 15.9 Å². The normalized spacial score (nSPS) is 10.9. The van der Waals surface area contributed by atoms with E-state index in [0.29, 0.717) is 0 Å². The van der Waals surface area contributed by atoms with Crippen molar-refractivity contribution < 1.29 is 87.1 Å². The Balaban J connectivity index is 0.00000312. The minimum absolute atomic E-state index is 0. The zero-order chi connectivity index (χ0) is 18.1. The average molecular weight is 415 g/mol. The number of carbonyl (C=O) groups is 1. The van der Waals surface area contributed by atoms with Crippen LogP contribution in [0.15, 0.2) is 45.5 Å². The van der Waals surface area contributed by atoms with E-state index < -0.39 is 32.3 Å². The number of carbonyl (C=O) groups excluding carboxylic acids is 1. The van der Waals surface area contributed by atoms with Gasteiger partial charge >= 0.3 is 59.1 Å². The van der Waals surface area contributed by atoms with Crippen molar-refractivity contribution in [2.75, 3.05) is 0 Å². The first-order valence-electron chi connectivity index (χ1n) is 6.31. The Morgan fingerprint density at radius 1 is 1.15 bits per heavy atom. The molecule has 0 amide bonds. The molecule has 2 aromatic carbocycles. The van der Waals surface area contributed by atoms with Gasteiger partial charge in [-0.05, 0) is 42.8 Å². The second kappa shape index (κ2) is 10.2. The minimum Gasteiger partial charge on any atom is -0.872 e. The van der Waals surface area contributed by atoms with Crippen molar-refractivity contribution >= 4 is 39.1 Å². The smallest absolute Gasteiger partial charge is 0.872 e. The van der Waals surface area contributed by atoms with Crippen molar-refractivity contribution in [1.82, 2.24) is 0 Å². The summed E-state index contributed by atoms with van der Waals surface area (Å²) in [4.78, 5) is 10.5. The third-order valence-corrected chi connectivity index (χ3v) is 4.14.